The highest BCUT2D eigenvalue weighted by atomic mass is 35.5. The number of halogens is 4. The van der Waals surface area contributed by atoms with Gasteiger partial charge in [-0.25, -0.2) is 12.8 Å². The Morgan fingerprint density at radius 1 is 0.947 bits per heavy atom. The second-order valence-electron chi connectivity index (χ2n) is 8.22. The van der Waals surface area contributed by atoms with Gasteiger partial charge in [-0.1, -0.05) is 59.1 Å². The molecule has 0 aliphatic heterocycles. The van der Waals surface area contributed by atoms with Crippen LogP contribution in [0, 0.1) is 5.82 Å². The minimum Gasteiger partial charge on any atom is -0.355 e. The number of likely N-dealkylation sites (N-methyl/N-ethyl adjacent to an activating group) is 1. The van der Waals surface area contributed by atoms with Crippen molar-refractivity contribution < 1.29 is 22.4 Å². The SMILES string of the molecule is CCNC(=O)C(C)N(Cc1c(Cl)cccc1Cl)C(=O)CN(c1ccc(F)c(Cl)c1)S(=O)(=O)c1ccccc1. The first-order chi connectivity index (χ1) is 18.0. The van der Waals surface area contributed by atoms with Crippen molar-refractivity contribution in [3.63, 3.8) is 0 Å². The van der Waals surface area contributed by atoms with Crippen LogP contribution in [0.4, 0.5) is 10.1 Å². The molecule has 3 aromatic carbocycles. The number of carbonyl (C=O) groups is 2. The fraction of sp³-hybridized carbons (Fsp3) is 0.231. The van der Waals surface area contributed by atoms with Gasteiger partial charge in [0.05, 0.1) is 15.6 Å². The lowest BCUT2D eigenvalue weighted by Crippen LogP contribution is -2.51. The Morgan fingerprint density at radius 3 is 2.16 bits per heavy atom. The number of hydrogen-bond acceptors (Lipinski definition) is 4. The molecule has 38 heavy (non-hydrogen) atoms. The van der Waals surface area contributed by atoms with Gasteiger partial charge in [0.25, 0.3) is 10.0 Å². The third-order valence-electron chi connectivity index (χ3n) is 5.71. The Morgan fingerprint density at radius 2 is 1.58 bits per heavy atom. The number of hydrogen-bond donors (Lipinski definition) is 1. The summed E-state index contributed by atoms with van der Waals surface area (Å²) in [6.45, 7) is 2.68. The largest absolute Gasteiger partial charge is 0.355 e. The standard InChI is InChI=1S/C26H25Cl3FN3O4S/c1-3-31-26(35)17(2)32(15-20-21(27)10-7-11-22(20)28)25(34)16-33(18-12-13-24(30)23(29)14-18)38(36,37)19-8-5-4-6-9-19/h4-14,17H,3,15-16H2,1-2H3,(H,31,35). The summed E-state index contributed by atoms with van der Waals surface area (Å²) in [6, 6.07) is 14.6. The van der Waals surface area contributed by atoms with E-state index in [0.29, 0.717) is 12.1 Å². The Hall–Kier alpha value is -2.85. The first kappa shape index (κ1) is 29.7. The smallest absolute Gasteiger partial charge is 0.264 e. The van der Waals surface area contributed by atoms with E-state index in [0.717, 1.165) is 16.4 Å². The van der Waals surface area contributed by atoms with Gasteiger partial charge in [-0.05, 0) is 56.3 Å². The third kappa shape index (κ3) is 6.77. The average Bonchev–Trinajstić information content (AvgIpc) is 2.89. The number of carbonyl (C=O) groups excluding carboxylic acids is 2. The summed E-state index contributed by atoms with van der Waals surface area (Å²) in [7, 11) is -4.31. The van der Waals surface area contributed by atoms with Gasteiger partial charge in [0.1, 0.15) is 18.4 Å². The van der Waals surface area contributed by atoms with Gasteiger partial charge in [-0.15, -0.1) is 0 Å². The first-order valence-electron chi connectivity index (χ1n) is 11.5. The maximum atomic E-state index is 13.9. The molecule has 0 saturated heterocycles. The summed E-state index contributed by atoms with van der Waals surface area (Å²) < 4.78 is 42.0. The lowest BCUT2D eigenvalue weighted by atomic mass is 10.1. The van der Waals surface area contributed by atoms with Gasteiger partial charge in [0.2, 0.25) is 11.8 Å². The van der Waals surface area contributed by atoms with Crippen LogP contribution in [-0.4, -0.2) is 44.3 Å². The molecule has 3 aromatic rings. The third-order valence-corrected chi connectivity index (χ3v) is 8.50. The highest BCUT2D eigenvalue weighted by Crippen LogP contribution is 2.30. The van der Waals surface area contributed by atoms with Crippen molar-refractivity contribution in [1.29, 1.82) is 0 Å². The first-order valence-corrected chi connectivity index (χ1v) is 14.1. The molecule has 3 rings (SSSR count). The van der Waals surface area contributed by atoms with Crippen LogP contribution in [0.2, 0.25) is 15.1 Å². The second-order valence-corrected chi connectivity index (χ2v) is 11.3. The molecule has 0 spiro atoms. The zero-order chi connectivity index (χ0) is 28.0. The maximum absolute atomic E-state index is 13.9. The van der Waals surface area contributed by atoms with Crippen LogP contribution in [0.1, 0.15) is 19.4 Å². The topological polar surface area (TPSA) is 86.8 Å². The molecule has 1 unspecified atom stereocenters. The highest BCUT2D eigenvalue weighted by molar-refractivity contribution is 7.92. The molecule has 202 valence electrons. The van der Waals surface area contributed by atoms with Crippen molar-refractivity contribution in [1.82, 2.24) is 10.2 Å². The van der Waals surface area contributed by atoms with Crippen LogP contribution in [0.5, 0.6) is 0 Å². The van der Waals surface area contributed by atoms with Crippen molar-refractivity contribution in [2.24, 2.45) is 0 Å². The number of sulfonamides is 1. The molecule has 0 aliphatic rings. The quantitative estimate of drug-likeness (QED) is 0.331. The number of benzene rings is 3. The fourth-order valence-corrected chi connectivity index (χ4v) is 5.77. The van der Waals surface area contributed by atoms with Crippen LogP contribution in [0.3, 0.4) is 0 Å². The Labute approximate surface area is 236 Å². The molecule has 2 amide bonds. The molecule has 0 aromatic heterocycles. The van der Waals surface area contributed by atoms with E-state index in [1.807, 2.05) is 0 Å². The Kier molecular flexibility index (Phi) is 10.0. The molecule has 0 fully saturated rings. The predicted octanol–water partition coefficient (Wildman–Crippen LogP) is 5.53. The summed E-state index contributed by atoms with van der Waals surface area (Å²) in [6.07, 6.45) is 0. The van der Waals surface area contributed by atoms with Gasteiger partial charge in [-0.2, -0.15) is 0 Å². The lowest BCUT2D eigenvalue weighted by Gasteiger charge is -2.32. The summed E-state index contributed by atoms with van der Waals surface area (Å²) in [4.78, 5) is 27.6. The van der Waals surface area contributed by atoms with Crippen LogP contribution >= 0.6 is 34.8 Å². The van der Waals surface area contributed by atoms with Crippen LogP contribution in [0.15, 0.2) is 71.6 Å². The minimum atomic E-state index is -4.31. The van der Waals surface area contributed by atoms with Gasteiger partial charge in [0, 0.05) is 28.7 Å². The van der Waals surface area contributed by atoms with E-state index < -0.39 is 40.2 Å². The minimum absolute atomic E-state index is 0.0324. The van der Waals surface area contributed by atoms with Gasteiger partial charge < -0.3 is 10.2 Å². The second kappa shape index (κ2) is 12.8. The normalized spacial score (nSPS) is 12.1. The van der Waals surface area contributed by atoms with E-state index >= 15 is 0 Å². The van der Waals surface area contributed by atoms with Crippen molar-refractivity contribution in [3.05, 3.63) is 93.2 Å². The zero-order valence-corrected chi connectivity index (χ0v) is 23.6. The maximum Gasteiger partial charge on any atom is 0.264 e. The monoisotopic (exact) mass is 599 g/mol. The molecule has 7 nitrogen and oxygen atoms in total. The van der Waals surface area contributed by atoms with Gasteiger partial charge >= 0.3 is 0 Å². The van der Waals surface area contributed by atoms with E-state index in [1.54, 1.807) is 31.2 Å². The number of anilines is 1. The molecule has 1 atom stereocenters. The van der Waals surface area contributed by atoms with Crippen LogP contribution in [0.25, 0.3) is 0 Å². The van der Waals surface area contributed by atoms with Crippen molar-refractivity contribution >= 4 is 62.3 Å². The fourth-order valence-electron chi connectivity index (χ4n) is 3.65. The number of amides is 2. The molecule has 0 aliphatic carbocycles. The van der Waals surface area contributed by atoms with Crippen molar-refractivity contribution in [3.8, 4) is 0 Å². The zero-order valence-electron chi connectivity index (χ0n) is 20.5. The predicted molar refractivity (Wildman–Crippen MR) is 148 cm³/mol. The molecule has 0 bridgehead atoms. The van der Waals surface area contributed by atoms with E-state index in [1.165, 1.54) is 42.2 Å². The highest BCUT2D eigenvalue weighted by Gasteiger charge is 2.33. The van der Waals surface area contributed by atoms with Gasteiger partial charge in [-0.3, -0.25) is 13.9 Å². The number of rotatable bonds is 10. The molecule has 0 heterocycles. The number of nitrogens with zero attached hydrogens (tertiary/aromatic N) is 2. The lowest BCUT2D eigenvalue weighted by molar-refractivity contribution is -0.139. The van der Waals surface area contributed by atoms with Crippen LogP contribution in [-0.2, 0) is 26.2 Å². The molecular formula is C26H25Cl3FN3O4S. The van der Waals surface area contributed by atoms with Crippen molar-refractivity contribution in [2.75, 3.05) is 17.4 Å². The number of nitrogens with one attached hydrogen (secondary N) is 1. The van der Waals surface area contributed by atoms with Crippen LogP contribution < -0.4 is 9.62 Å². The van der Waals surface area contributed by atoms with E-state index in [2.05, 4.69) is 5.32 Å². The summed E-state index contributed by atoms with van der Waals surface area (Å²) in [5.74, 6) is -1.93. The molecule has 0 saturated carbocycles. The Balaban J connectivity index is 2.08. The Bertz CT molecular complexity index is 1400. The summed E-state index contributed by atoms with van der Waals surface area (Å²) in [5, 5.41) is 2.89. The van der Waals surface area contributed by atoms with E-state index in [-0.39, 0.29) is 32.2 Å². The summed E-state index contributed by atoms with van der Waals surface area (Å²) >= 11 is 18.6. The van der Waals surface area contributed by atoms with Crippen molar-refractivity contribution in [2.45, 2.75) is 31.3 Å². The molecular weight excluding hydrogens is 576 g/mol. The molecule has 1 N–H and O–H groups in total. The van der Waals surface area contributed by atoms with E-state index in [9.17, 15) is 22.4 Å². The van der Waals surface area contributed by atoms with Gasteiger partial charge in [0.15, 0.2) is 0 Å². The molecule has 12 heteroatoms. The average molecular weight is 601 g/mol. The molecule has 0 radical (unpaired) electrons. The summed E-state index contributed by atoms with van der Waals surface area (Å²) in [5.41, 5.74) is 0.359. The van der Waals surface area contributed by atoms with E-state index in [4.69, 9.17) is 34.8 Å².